The summed E-state index contributed by atoms with van der Waals surface area (Å²) >= 11 is 0. The van der Waals surface area contributed by atoms with Crippen molar-refractivity contribution in [3.8, 4) is 0 Å². The van der Waals surface area contributed by atoms with Gasteiger partial charge in [-0.25, -0.2) is 0 Å². The van der Waals surface area contributed by atoms with Crippen LogP contribution in [0.4, 0.5) is 0 Å². The van der Waals surface area contributed by atoms with E-state index in [1.807, 2.05) is 18.7 Å². The lowest BCUT2D eigenvalue weighted by Crippen LogP contribution is -2.43. The number of benzene rings is 1. The maximum absolute atomic E-state index is 12.7. The molecule has 2 aliphatic heterocycles. The van der Waals surface area contributed by atoms with Crippen LogP contribution in [0.3, 0.4) is 0 Å². The lowest BCUT2D eigenvalue weighted by Gasteiger charge is -2.32. The minimum Gasteiger partial charge on any atom is -0.361 e. The lowest BCUT2D eigenvalue weighted by molar-refractivity contribution is -0.132. The van der Waals surface area contributed by atoms with Crippen LogP contribution in [0, 0.1) is 19.8 Å². The first-order valence-corrected chi connectivity index (χ1v) is 12.2. The van der Waals surface area contributed by atoms with Crippen molar-refractivity contribution >= 4 is 5.91 Å². The van der Waals surface area contributed by atoms with Crippen molar-refractivity contribution in [1.29, 1.82) is 0 Å². The van der Waals surface area contributed by atoms with Gasteiger partial charge in [0.15, 0.2) is 0 Å². The van der Waals surface area contributed by atoms with Crippen LogP contribution < -0.4 is 0 Å². The van der Waals surface area contributed by atoms with Gasteiger partial charge in [0, 0.05) is 57.8 Å². The largest absolute Gasteiger partial charge is 0.361 e. The van der Waals surface area contributed by atoms with Gasteiger partial charge in [0.1, 0.15) is 5.76 Å². The molecule has 1 aromatic heterocycles. The summed E-state index contributed by atoms with van der Waals surface area (Å²) < 4.78 is 5.21. The van der Waals surface area contributed by atoms with Crippen molar-refractivity contribution in [1.82, 2.24) is 19.9 Å². The molecule has 3 heterocycles. The van der Waals surface area contributed by atoms with E-state index in [0.29, 0.717) is 12.3 Å². The van der Waals surface area contributed by atoms with Gasteiger partial charge >= 0.3 is 0 Å². The molecule has 0 saturated carbocycles. The van der Waals surface area contributed by atoms with Crippen molar-refractivity contribution in [2.45, 2.75) is 52.5 Å². The van der Waals surface area contributed by atoms with Crippen molar-refractivity contribution in [3.05, 3.63) is 52.4 Å². The molecular weight excluding hydrogens is 400 g/mol. The van der Waals surface area contributed by atoms with Crippen molar-refractivity contribution in [2.24, 2.45) is 5.92 Å². The number of rotatable bonds is 7. The molecule has 2 fully saturated rings. The maximum Gasteiger partial charge on any atom is 0.222 e. The van der Waals surface area contributed by atoms with Crippen LogP contribution in [0.5, 0.6) is 0 Å². The third-order valence-electron chi connectivity index (χ3n) is 7.29. The van der Waals surface area contributed by atoms with E-state index in [9.17, 15) is 4.79 Å². The van der Waals surface area contributed by atoms with Crippen molar-refractivity contribution < 1.29 is 9.32 Å². The van der Waals surface area contributed by atoms with Gasteiger partial charge in [-0.15, -0.1) is 0 Å². The highest BCUT2D eigenvalue weighted by Crippen LogP contribution is 2.23. The van der Waals surface area contributed by atoms with Crippen LogP contribution in [0.2, 0.25) is 0 Å². The standard InChI is InChI=1S/C26H38N4O2/c1-20-25(21(2)32-27-20)8-9-26(31)30-12-10-23(11-13-30)18-22-4-6-24(7-5-22)19-29-16-14-28(3)15-17-29/h4-7,23H,8-19H2,1-3H3. The summed E-state index contributed by atoms with van der Waals surface area (Å²) in [4.78, 5) is 19.7. The fourth-order valence-electron chi connectivity index (χ4n) is 5.01. The van der Waals surface area contributed by atoms with E-state index >= 15 is 0 Å². The van der Waals surface area contributed by atoms with Crippen molar-refractivity contribution in [3.63, 3.8) is 0 Å². The van der Waals surface area contributed by atoms with E-state index in [-0.39, 0.29) is 5.91 Å². The molecule has 0 unspecified atom stereocenters. The molecule has 1 amide bonds. The minimum atomic E-state index is 0.261. The second-order valence-corrected chi connectivity index (χ2v) is 9.73. The molecule has 4 rings (SSSR count). The fourth-order valence-corrected chi connectivity index (χ4v) is 5.01. The Balaban J connectivity index is 1.19. The molecule has 174 valence electrons. The monoisotopic (exact) mass is 438 g/mol. The Hall–Kier alpha value is -2.18. The molecule has 0 aliphatic carbocycles. The number of hydrogen-bond donors (Lipinski definition) is 0. The number of likely N-dealkylation sites (N-methyl/N-ethyl adjacent to an activating group) is 1. The first kappa shape index (κ1) is 23.0. The van der Waals surface area contributed by atoms with E-state index in [1.54, 1.807) is 0 Å². The molecule has 0 N–H and O–H groups in total. The number of nitrogens with zero attached hydrogens (tertiary/aromatic N) is 4. The fraction of sp³-hybridized carbons (Fsp3) is 0.615. The molecule has 0 bridgehead atoms. The molecule has 32 heavy (non-hydrogen) atoms. The molecule has 2 aliphatic rings. The molecule has 6 heteroatoms. The number of carbonyl (C=O) groups is 1. The highest BCUT2D eigenvalue weighted by atomic mass is 16.5. The SMILES string of the molecule is Cc1noc(C)c1CCC(=O)N1CCC(Cc2ccc(CN3CCN(C)CC3)cc2)CC1. The smallest absolute Gasteiger partial charge is 0.222 e. The van der Waals surface area contributed by atoms with E-state index in [1.165, 1.54) is 24.2 Å². The topological polar surface area (TPSA) is 52.8 Å². The molecular formula is C26H38N4O2. The Kier molecular flexibility index (Phi) is 7.63. The van der Waals surface area contributed by atoms with E-state index < -0.39 is 0 Å². The molecule has 1 aromatic carbocycles. The number of carbonyl (C=O) groups excluding carboxylic acids is 1. The van der Waals surface area contributed by atoms with E-state index in [2.05, 4.69) is 46.3 Å². The van der Waals surface area contributed by atoms with Gasteiger partial charge in [0.05, 0.1) is 5.69 Å². The van der Waals surface area contributed by atoms with Crippen LogP contribution in [-0.2, 0) is 24.2 Å². The zero-order valence-electron chi connectivity index (χ0n) is 20.0. The predicted octanol–water partition coefficient (Wildman–Crippen LogP) is 3.45. The third kappa shape index (κ3) is 5.99. The Morgan fingerprint density at radius 2 is 1.66 bits per heavy atom. The van der Waals surface area contributed by atoms with Crippen LogP contribution >= 0.6 is 0 Å². The van der Waals surface area contributed by atoms with Gasteiger partial charge in [-0.2, -0.15) is 0 Å². The highest BCUT2D eigenvalue weighted by molar-refractivity contribution is 5.76. The van der Waals surface area contributed by atoms with Gasteiger partial charge < -0.3 is 14.3 Å². The number of aryl methyl sites for hydroxylation is 2. The van der Waals surface area contributed by atoms with Gasteiger partial charge in [0.25, 0.3) is 0 Å². The molecule has 0 atom stereocenters. The highest BCUT2D eigenvalue weighted by Gasteiger charge is 2.23. The van der Waals surface area contributed by atoms with Crippen LogP contribution in [0.15, 0.2) is 28.8 Å². The molecule has 0 radical (unpaired) electrons. The summed E-state index contributed by atoms with van der Waals surface area (Å²) in [6, 6.07) is 9.24. The zero-order chi connectivity index (χ0) is 22.5. The van der Waals surface area contributed by atoms with Crippen molar-refractivity contribution in [2.75, 3.05) is 46.3 Å². The summed E-state index contributed by atoms with van der Waals surface area (Å²) in [5.41, 5.74) is 4.83. The Labute approximate surface area is 192 Å². The molecule has 0 spiro atoms. The second kappa shape index (κ2) is 10.6. The summed E-state index contributed by atoms with van der Waals surface area (Å²) in [6.45, 7) is 11.3. The predicted molar refractivity (Wildman–Crippen MR) is 127 cm³/mol. The number of aromatic nitrogens is 1. The normalized spacial score (nSPS) is 18.9. The third-order valence-corrected chi connectivity index (χ3v) is 7.29. The average Bonchev–Trinajstić information content (AvgIpc) is 3.12. The van der Waals surface area contributed by atoms with E-state index in [4.69, 9.17) is 4.52 Å². The van der Waals surface area contributed by atoms with Crippen LogP contribution in [-0.4, -0.2) is 72.1 Å². The number of piperidine rings is 1. The van der Waals surface area contributed by atoms with E-state index in [0.717, 1.165) is 75.4 Å². The lowest BCUT2D eigenvalue weighted by atomic mass is 9.89. The average molecular weight is 439 g/mol. The van der Waals surface area contributed by atoms with Gasteiger partial charge in [-0.1, -0.05) is 29.4 Å². The summed E-state index contributed by atoms with van der Waals surface area (Å²) in [5.74, 6) is 1.77. The molecule has 2 saturated heterocycles. The number of amides is 1. The zero-order valence-corrected chi connectivity index (χ0v) is 20.0. The quantitative estimate of drug-likeness (QED) is 0.663. The summed E-state index contributed by atoms with van der Waals surface area (Å²) in [7, 11) is 2.20. The Morgan fingerprint density at radius 1 is 1.00 bits per heavy atom. The van der Waals surface area contributed by atoms with Gasteiger partial charge in [-0.05, 0) is 63.6 Å². The Bertz CT molecular complexity index is 856. The van der Waals surface area contributed by atoms with Crippen LogP contribution in [0.1, 0.15) is 47.4 Å². The number of hydrogen-bond acceptors (Lipinski definition) is 5. The first-order chi connectivity index (χ1) is 15.5. The van der Waals surface area contributed by atoms with Crippen LogP contribution in [0.25, 0.3) is 0 Å². The summed E-state index contributed by atoms with van der Waals surface area (Å²) in [6.07, 6.45) is 4.58. The second-order valence-electron chi connectivity index (χ2n) is 9.73. The van der Waals surface area contributed by atoms with Gasteiger partial charge in [-0.3, -0.25) is 9.69 Å². The first-order valence-electron chi connectivity index (χ1n) is 12.2. The van der Waals surface area contributed by atoms with Gasteiger partial charge in [0.2, 0.25) is 5.91 Å². The maximum atomic E-state index is 12.7. The Morgan fingerprint density at radius 3 is 2.28 bits per heavy atom. The molecule has 2 aromatic rings. The summed E-state index contributed by atoms with van der Waals surface area (Å²) in [5, 5.41) is 3.99. The minimum absolute atomic E-state index is 0.261. The number of piperazine rings is 1. The molecule has 6 nitrogen and oxygen atoms in total. The number of likely N-dealkylation sites (tertiary alicyclic amines) is 1.